The van der Waals surface area contributed by atoms with Gasteiger partial charge in [-0.2, -0.15) is 10.3 Å². The molecule has 1 aliphatic rings. The van der Waals surface area contributed by atoms with E-state index in [1.807, 2.05) is 6.07 Å². The Bertz CT molecular complexity index is 1290. The van der Waals surface area contributed by atoms with E-state index in [2.05, 4.69) is 39.5 Å². The highest BCUT2D eigenvalue weighted by atomic mass is 32.1. The van der Waals surface area contributed by atoms with Gasteiger partial charge in [-0.25, -0.2) is 9.99 Å². The molecule has 8 nitrogen and oxygen atoms in total. The number of carbonyl (C=O) groups excluding carboxylic acids is 3. The highest BCUT2D eigenvalue weighted by Gasteiger charge is 2.42. The topological polar surface area (TPSA) is 97.6 Å². The molecule has 0 bridgehead atoms. The van der Waals surface area contributed by atoms with E-state index < -0.39 is 23.1 Å². The summed E-state index contributed by atoms with van der Waals surface area (Å²) in [5.41, 5.74) is 0.130. The first-order valence-corrected chi connectivity index (χ1v) is 18.2. The van der Waals surface area contributed by atoms with E-state index in [1.165, 1.54) is 71.3 Å². The average Bonchev–Trinajstić information content (AvgIpc) is 3.41. The molecule has 0 N–H and O–H groups in total. The molecule has 0 radical (unpaired) electrons. The lowest BCUT2D eigenvalue weighted by molar-refractivity contribution is -0.171. The van der Waals surface area contributed by atoms with E-state index in [0.717, 1.165) is 51.7 Å². The lowest BCUT2D eigenvalue weighted by Crippen LogP contribution is -2.56. The fourth-order valence-electron chi connectivity index (χ4n) is 5.61. The van der Waals surface area contributed by atoms with Gasteiger partial charge >= 0.3 is 0 Å². The highest BCUT2D eigenvalue weighted by Crippen LogP contribution is 2.38. The van der Waals surface area contributed by atoms with E-state index in [9.17, 15) is 19.6 Å². The van der Waals surface area contributed by atoms with E-state index in [4.69, 9.17) is 4.98 Å². The maximum Gasteiger partial charge on any atom is 0.290 e. The van der Waals surface area contributed by atoms with Crippen molar-refractivity contribution in [3.05, 3.63) is 27.3 Å². The second kappa shape index (κ2) is 17.8. The Morgan fingerprint density at radius 2 is 1.37 bits per heavy atom. The fraction of sp³-hybridized carbons (Fsp3) is 0.703. The summed E-state index contributed by atoms with van der Waals surface area (Å²) in [6.07, 6.45) is 16.5. The maximum atomic E-state index is 14.0. The number of hydrogen-bond donors (Lipinski definition) is 0. The summed E-state index contributed by atoms with van der Waals surface area (Å²) in [4.78, 5) is 48.8. The Hall–Kier alpha value is -2.99. The summed E-state index contributed by atoms with van der Waals surface area (Å²) in [5.74, 6) is -1.80. The first-order valence-electron chi connectivity index (χ1n) is 17.4. The Morgan fingerprint density at radius 1 is 0.870 bits per heavy atom. The summed E-state index contributed by atoms with van der Waals surface area (Å²) in [6.45, 7) is 19.5. The van der Waals surface area contributed by atoms with Crippen LogP contribution in [0.5, 0.6) is 0 Å². The van der Waals surface area contributed by atoms with Crippen LogP contribution < -0.4 is 4.90 Å². The molecule has 0 aliphatic carbocycles. The Balaban J connectivity index is 2.54. The van der Waals surface area contributed by atoms with Gasteiger partial charge in [-0.3, -0.25) is 14.4 Å². The number of amides is 3. The number of imide groups is 1. The molecule has 3 amide bonds. The van der Waals surface area contributed by atoms with Gasteiger partial charge in [0.25, 0.3) is 11.8 Å². The number of thiazole rings is 1. The van der Waals surface area contributed by atoms with E-state index in [0.29, 0.717) is 5.57 Å². The molecule has 0 spiro atoms. The van der Waals surface area contributed by atoms with Gasteiger partial charge in [0.1, 0.15) is 11.6 Å². The van der Waals surface area contributed by atoms with Crippen LogP contribution in [0.25, 0.3) is 6.08 Å². The van der Waals surface area contributed by atoms with Crippen molar-refractivity contribution in [2.24, 2.45) is 5.41 Å². The molecule has 0 saturated heterocycles. The number of anilines is 1. The largest absolute Gasteiger partial charge is 0.348 e. The van der Waals surface area contributed by atoms with Crippen LogP contribution in [0.3, 0.4) is 0 Å². The van der Waals surface area contributed by atoms with Gasteiger partial charge in [0.05, 0.1) is 10.6 Å². The van der Waals surface area contributed by atoms with Crippen molar-refractivity contribution in [1.29, 1.82) is 5.26 Å². The fourth-order valence-corrected chi connectivity index (χ4v) is 6.88. The van der Waals surface area contributed by atoms with Crippen LogP contribution in [0, 0.1) is 16.7 Å². The van der Waals surface area contributed by atoms with Crippen molar-refractivity contribution < 1.29 is 14.4 Å². The van der Waals surface area contributed by atoms with Crippen LogP contribution >= 0.6 is 11.3 Å². The molecule has 1 aliphatic heterocycles. The third-order valence-corrected chi connectivity index (χ3v) is 9.48. The molecule has 2 heterocycles. The number of carbonyl (C=O) groups is 3. The zero-order valence-corrected chi connectivity index (χ0v) is 31.2. The van der Waals surface area contributed by atoms with Crippen LogP contribution in [0.2, 0.25) is 0 Å². The summed E-state index contributed by atoms with van der Waals surface area (Å²) in [5, 5.41) is 12.8. The van der Waals surface area contributed by atoms with Crippen LogP contribution in [0.1, 0.15) is 150 Å². The minimum atomic E-state index is -0.830. The number of hydrazine groups is 1. The van der Waals surface area contributed by atoms with Crippen LogP contribution in [0.15, 0.2) is 16.7 Å². The Labute approximate surface area is 282 Å². The van der Waals surface area contributed by atoms with Gasteiger partial charge in [0.2, 0.25) is 5.91 Å². The standard InChI is InChI=1S/C37H59N5O3S/c1-11-13-15-17-19-21-23-41(24-22-20-18-16-14-12-2)35-39-31(36(4,5)6)30(46-35)25-28-27(3)29(26-38)33(44)42(32(28)43)40(10)34(45)37(7,8)9/h25H,11-24H2,1-10H3/b28-25-. The molecule has 1 aromatic heterocycles. The first kappa shape index (κ1) is 39.2. The molecule has 0 unspecified atom stereocenters. The van der Waals surface area contributed by atoms with Crippen molar-refractivity contribution in [1.82, 2.24) is 15.0 Å². The lowest BCUT2D eigenvalue weighted by Gasteiger charge is -2.36. The minimum Gasteiger partial charge on any atom is -0.348 e. The molecule has 9 heteroatoms. The molecular formula is C37H59N5O3S. The highest BCUT2D eigenvalue weighted by molar-refractivity contribution is 7.16. The summed E-state index contributed by atoms with van der Waals surface area (Å²) in [7, 11) is 1.41. The van der Waals surface area contributed by atoms with Crippen molar-refractivity contribution >= 4 is 40.3 Å². The Morgan fingerprint density at radius 3 is 1.83 bits per heavy atom. The minimum absolute atomic E-state index is 0.144. The predicted octanol–water partition coefficient (Wildman–Crippen LogP) is 8.98. The number of nitrogens with zero attached hydrogens (tertiary/aromatic N) is 5. The zero-order chi connectivity index (χ0) is 34.7. The summed E-state index contributed by atoms with van der Waals surface area (Å²) in [6, 6.07) is 1.99. The average molecular weight is 654 g/mol. The molecule has 2 rings (SSSR count). The SMILES string of the molecule is CCCCCCCCN(CCCCCCCC)c1nc(C(C)(C)C)c(/C=C2\C(=O)N(N(C)C(=O)C(C)(C)C)C(=O)C(C#N)=C2C)s1. The molecular weight excluding hydrogens is 595 g/mol. The van der Waals surface area contributed by atoms with Crippen LogP contribution in [-0.4, -0.2) is 52.9 Å². The summed E-state index contributed by atoms with van der Waals surface area (Å²) < 4.78 is 0. The third kappa shape index (κ3) is 10.5. The van der Waals surface area contributed by atoms with E-state index in [1.54, 1.807) is 45.1 Å². The van der Waals surface area contributed by atoms with Gasteiger partial charge in [0, 0.05) is 36.5 Å². The van der Waals surface area contributed by atoms with Gasteiger partial charge in [0.15, 0.2) is 5.13 Å². The monoisotopic (exact) mass is 653 g/mol. The molecule has 0 atom stereocenters. The molecule has 1 aromatic rings. The quantitative estimate of drug-likeness (QED) is 0.0946. The first-order chi connectivity index (χ1) is 21.6. The number of hydrogen-bond acceptors (Lipinski definition) is 7. The zero-order valence-electron chi connectivity index (χ0n) is 30.3. The number of rotatable bonds is 17. The van der Waals surface area contributed by atoms with Crippen LogP contribution in [0.4, 0.5) is 5.13 Å². The third-order valence-electron chi connectivity index (χ3n) is 8.42. The summed E-state index contributed by atoms with van der Waals surface area (Å²) >= 11 is 1.56. The smallest absolute Gasteiger partial charge is 0.290 e. The second-order valence-corrected chi connectivity index (χ2v) is 15.7. The van der Waals surface area contributed by atoms with E-state index >= 15 is 0 Å². The van der Waals surface area contributed by atoms with Gasteiger partial charge in [-0.1, -0.05) is 131 Å². The van der Waals surface area contributed by atoms with Crippen molar-refractivity contribution in [3.8, 4) is 6.07 Å². The van der Waals surface area contributed by atoms with Crippen molar-refractivity contribution in [2.75, 3.05) is 25.0 Å². The molecule has 46 heavy (non-hydrogen) atoms. The lowest BCUT2D eigenvalue weighted by atomic mass is 9.89. The van der Waals surface area contributed by atoms with Gasteiger partial charge in [-0.15, -0.1) is 0 Å². The number of nitriles is 1. The maximum absolute atomic E-state index is 14.0. The molecule has 0 aromatic carbocycles. The van der Waals surface area contributed by atoms with E-state index in [-0.39, 0.29) is 16.6 Å². The molecule has 256 valence electrons. The predicted molar refractivity (Wildman–Crippen MR) is 190 cm³/mol. The van der Waals surface area contributed by atoms with Gasteiger partial charge < -0.3 is 4.90 Å². The molecule has 0 fully saturated rings. The molecule has 0 saturated carbocycles. The normalized spacial score (nSPS) is 15.2. The van der Waals surface area contributed by atoms with Gasteiger partial charge in [-0.05, 0) is 31.4 Å². The Kier molecular flexibility index (Phi) is 15.2. The number of unbranched alkanes of at least 4 members (excludes halogenated alkanes) is 10. The second-order valence-electron chi connectivity index (χ2n) is 14.7. The van der Waals surface area contributed by atoms with Crippen molar-refractivity contribution in [3.63, 3.8) is 0 Å². The van der Waals surface area contributed by atoms with Crippen molar-refractivity contribution in [2.45, 2.75) is 145 Å². The number of aromatic nitrogens is 1. The van der Waals surface area contributed by atoms with Crippen LogP contribution in [-0.2, 0) is 19.8 Å².